The van der Waals surface area contributed by atoms with Crippen LogP contribution in [0.4, 0.5) is 5.69 Å². The van der Waals surface area contributed by atoms with Gasteiger partial charge in [-0.1, -0.05) is 59.6 Å². The van der Waals surface area contributed by atoms with E-state index in [1.54, 1.807) is 12.1 Å². The highest BCUT2D eigenvalue weighted by molar-refractivity contribution is 14.1. The molecule has 1 amide bonds. The van der Waals surface area contributed by atoms with Crippen molar-refractivity contribution in [3.05, 3.63) is 119 Å². The largest absolute Gasteiger partial charge is 0.360 e. The van der Waals surface area contributed by atoms with Crippen LogP contribution in [0.15, 0.2) is 84.9 Å². The highest BCUT2D eigenvalue weighted by Gasteiger charge is 2.38. The molecule has 5 rings (SSSR count). The van der Waals surface area contributed by atoms with Crippen molar-refractivity contribution in [3.63, 3.8) is 0 Å². The molecule has 0 unspecified atom stereocenters. The number of piperidine rings is 1. The molecule has 9 heteroatoms. The van der Waals surface area contributed by atoms with E-state index in [4.69, 9.17) is 27.9 Å². The molecule has 1 aliphatic rings. The second-order valence-corrected chi connectivity index (χ2v) is 13.7. The number of hydrogen-bond acceptors (Lipinski definition) is 4. The summed E-state index contributed by atoms with van der Waals surface area (Å²) in [6, 6.07) is 29.6. The molecule has 1 N–H and O–H groups in total. The number of hydrogen-bond donors (Lipinski definition) is 1. The van der Waals surface area contributed by atoms with E-state index in [-0.39, 0.29) is 12.5 Å². The first-order valence-electron chi connectivity index (χ1n) is 13.4. The number of carbonyl (C=O) groups excluding carboxylic acids is 1. The molecule has 1 aliphatic heterocycles. The Morgan fingerprint density at radius 1 is 0.905 bits per heavy atom. The maximum absolute atomic E-state index is 13.0. The van der Waals surface area contributed by atoms with Gasteiger partial charge in [0.2, 0.25) is 5.91 Å². The first-order chi connectivity index (χ1) is 20.2. The molecule has 4 aromatic carbocycles. The molecule has 42 heavy (non-hydrogen) atoms. The van der Waals surface area contributed by atoms with Gasteiger partial charge in [-0.25, -0.2) is 0 Å². The fourth-order valence-electron chi connectivity index (χ4n) is 5.31. The molecule has 0 aromatic heterocycles. The van der Waals surface area contributed by atoms with Gasteiger partial charge in [-0.3, -0.25) is 9.69 Å². The van der Waals surface area contributed by atoms with E-state index in [1.807, 2.05) is 48.5 Å². The topological polar surface area (TPSA) is 65.4 Å². The Kier molecular flexibility index (Phi) is 10.5. The van der Waals surface area contributed by atoms with E-state index in [2.05, 4.69) is 85.7 Å². The van der Waals surface area contributed by atoms with Crippen LogP contribution in [0.3, 0.4) is 0 Å². The van der Waals surface area contributed by atoms with Gasteiger partial charge in [-0.15, -0.1) is 0 Å². The van der Waals surface area contributed by atoms with Gasteiger partial charge in [-0.2, -0.15) is 5.26 Å². The van der Waals surface area contributed by atoms with Crippen LogP contribution >= 0.6 is 68.4 Å². The van der Waals surface area contributed by atoms with Crippen molar-refractivity contribution in [1.82, 2.24) is 4.90 Å². The third-order valence-electron chi connectivity index (χ3n) is 7.35. The zero-order valence-electron chi connectivity index (χ0n) is 22.5. The summed E-state index contributed by atoms with van der Waals surface area (Å²) in [7, 11) is 0. The molecule has 0 aliphatic carbocycles. The van der Waals surface area contributed by atoms with Gasteiger partial charge in [0, 0.05) is 42.5 Å². The molecule has 0 saturated carbocycles. The summed E-state index contributed by atoms with van der Waals surface area (Å²) in [5.41, 5.74) is 4.86. The number of nitriles is 1. The van der Waals surface area contributed by atoms with Crippen molar-refractivity contribution in [3.8, 4) is 17.2 Å². The Balaban J connectivity index is 1.34. The number of rotatable bonds is 8. The average Bonchev–Trinajstić information content (AvgIpc) is 2.96. The Bertz CT molecular complexity index is 1590. The average molecular weight is 822 g/mol. The molecular weight excluding hydrogens is 795 g/mol. The summed E-state index contributed by atoms with van der Waals surface area (Å²) in [5, 5.41) is 13.5. The van der Waals surface area contributed by atoms with Gasteiger partial charge >= 0.3 is 0 Å². The predicted octanol–water partition coefficient (Wildman–Crippen LogP) is 8.89. The maximum atomic E-state index is 13.0. The minimum atomic E-state index is -0.619. The van der Waals surface area contributed by atoms with E-state index >= 15 is 0 Å². The molecule has 0 atom stereocenters. The minimum absolute atomic E-state index is 0.0576. The smallest absolute Gasteiger partial charge is 0.250 e. The lowest BCUT2D eigenvalue weighted by Crippen LogP contribution is -2.45. The number of benzene rings is 4. The van der Waals surface area contributed by atoms with E-state index in [9.17, 15) is 10.1 Å². The lowest BCUT2D eigenvalue weighted by atomic mass is 9.83. The summed E-state index contributed by atoms with van der Waals surface area (Å²) < 4.78 is 8.66. The summed E-state index contributed by atoms with van der Waals surface area (Å²) >= 11 is 17.0. The second kappa shape index (κ2) is 14.1. The van der Waals surface area contributed by atoms with E-state index in [0.29, 0.717) is 15.6 Å². The molecule has 1 heterocycles. The fraction of sp³-hybridized carbons (Fsp3) is 0.212. The molecule has 4 aromatic rings. The van der Waals surface area contributed by atoms with Crippen LogP contribution in [-0.4, -0.2) is 30.5 Å². The van der Waals surface area contributed by atoms with E-state index in [1.165, 1.54) is 0 Å². The quantitative estimate of drug-likeness (QED) is 0.181. The predicted molar refractivity (Wildman–Crippen MR) is 186 cm³/mol. The standard InChI is InChI=1S/C33H27Cl2I2N3O2/c34-27-13-23(14-28(35)15-27)20-40-10-8-33(9-11-40,42-21-32(41)39-31-17-29(36)16-30(37)18-31)26-6-4-24(5-7-26)25-3-1-2-22(12-25)19-38/h1-7,12-18H,8-11,20-21H2,(H,39,41). The fourth-order valence-corrected chi connectivity index (χ4v) is 7.82. The normalized spacial score (nSPS) is 14.7. The molecule has 0 spiro atoms. The van der Waals surface area contributed by atoms with Crippen LogP contribution in [0.2, 0.25) is 10.0 Å². The van der Waals surface area contributed by atoms with Crippen molar-refractivity contribution >= 4 is 80.0 Å². The van der Waals surface area contributed by atoms with Gasteiger partial charge in [0.15, 0.2) is 0 Å². The maximum Gasteiger partial charge on any atom is 0.250 e. The Morgan fingerprint density at radius 3 is 2.21 bits per heavy atom. The van der Waals surface area contributed by atoms with Crippen molar-refractivity contribution in [1.29, 1.82) is 5.26 Å². The van der Waals surface area contributed by atoms with Crippen LogP contribution in [-0.2, 0) is 21.7 Å². The van der Waals surface area contributed by atoms with Crippen molar-refractivity contribution in [2.75, 3.05) is 25.0 Å². The number of carbonyl (C=O) groups is 1. The van der Waals surface area contributed by atoms with Crippen LogP contribution in [0.1, 0.15) is 29.5 Å². The zero-order chi connectivity index (χ0) is 29.7. The lowest BCUT2D eigenvalue weighted by Gasteiger charge is -2.42. The molecule has 214 valence electrons. The van der Waals surface area contributed by atoms with Gasteiger partial charge < -0.3 is 10.1 Å². The van der Waals surface area contributed by atoms with Gasteiger partial charge in [0.05, 0.1) is 17.2 Å². The number of amides is 1. The number of anilines is 1. The van der Waals surface area contributed by atoms with Crippen LogP contribution in [0.5, 0.6) is 0 Å². The molecule has 1 saturated heterocycles. The number of nitrogens with one attached hydrogen (secondary N) is 1. The Morgan fingerprint density at radius 2 is 1.57 bits per heavy atom. The summed E-state index contributed by atoms with van der Waals surface area (Å²) in [6.07, 6.45) is 1.44. The van der Waals surface area contributed by atoms with Crippen LogP contribution in [0, 0.1) is 18.5 Å². The van der Waals surface area contributed by atoms with Crippen molar-refractivity contribution in [2.24, 2.45) is 0 Å². The van der Waals surface area contributed by atoms with Crippen LogP contribution in [0.25, 0.3) is 11.1 Å². The highest BCUT2D eigenvalue weighted by Crippen LogP contribution is 2.38. The zero-order valence-corrected chi connectivity index (χ0v) is 28.4. The third-order valence-corrected chi connectivity index (χ3v) is 9.04. The summed E-state index contributed by atoms with van der Waals surface area (Å²) in [4.78, 5) is 15.4. The number of halogens is 4. The molecular formula is C33H27Cl2I2N3O2. The number of ether oxygens (including phenoxy) is 1. The Labute approximate surface area is 283 Å². The van der Waals surface area contributed by atoms with E-state index < -0.39 is 5.60 Å². The lowest BCUT2D eigenvalue weighted by molar-refractivity contribution is -0.135. The number of nitrogens with zero attached hydrogens (tertiary/aromatic N) is 2. The van der Waals surface area contributed by atoms with Crippen molar-refractivity contribution in [2.45, 2.75) is 25.0 Å². The minimum Gasteiger partial charge on any atom is -0.360 e. The SMILES string of the molecule is N#Cc1cccc(-c2ccc(C3(OCC(=O)Nc4cc(I)cc(I)c4)CCN(Cc4cc(Cl)cc(Cl)c4)CC3)cc2)c1. The second-order valence-electron chi connectivity index (χ2n) is 10.3. The molecule has 0 radical (unpaired) electrons. The number of likely N-dealkylation sites (tertiary alicyclic amines) is 1. The van der Waals surface area contributed by atoms with Gasteiger partial charge in [-0.05, 0) is 129 Å². The molecule has 0 bridgehead atoms. The van der Waals surface area contributed by atoms with Gasteiger partial charge in [0.1, 0.15) is 6.61 Å². The first-order valence-corrected chi connectivity index (χ1v) is 16.3. The highest BCUT2D eigenvalue weighted by atomic mass is 127. The summed E-state index contributed by atoms with van der Waals surface area (Å²) in [6.45, 7) is 2.24. The molecule has 1 fully saturated rings. The van der Waals surface area contributed by atoms with Gasteiger partial charge in [0.25, 0.3) is 0 Å². The Hall–Kier alpha value is -2.20. The first kappa shape index (κ1) is 31.2. The van der Waals surface area contributed by atoms with E-state index in [0.717, 1.165) is 67.6 Å². The summed E-state index contributed by atoms with van der Waals surface area (Å²) in [5.74, 6) is -0.187. The third kappa shape index (κ3) is 8.04. The van der Waals surface area contributed by atoms with Crippen LogP contribution < -0.4 is 5.32 Å². The molecule has 5 nitrogen and oxygen atoms in total. The van der Waals surface area contributed by atoms with Crippen molar-refractivity contribution < 1.29 is 9.53 Å². The monoisotopic (exact) mass is 821 g/mol.